The van der Waals surface area contributed by atoms with E-state index in [4.69, 9.17) is 9.40 Å². The van der Waals surface area contributed by atoms with Crippen molar-refractivity contribution >= 4 is 33.0 Å². The number of hydrogen-bond donors (Lipinski definition) is 0. The number of nitrogens with zero attached hydrogens (tertiary/aromatic N) is 2. The summed E-state index contributed by atoms with van der Waals surface area (Å²) in [5.74, 6) is 2.14. The van der Waals surface area contributed by atoms with Gasteiger partial charge in [0.2, 0.25) is 0 Å². The van der Waals surface area contributed by atoms with Gasteiger partial charge in [-0.2, -0.15) is 0 Å². The van der Waals surface area contributed by atoms with Crippen LogP contribution in [0.2, 0.25) is 0 Å². The van der Waals surface area contributed by atoms with Crippen molar-refractivity contribution in [3.05, 3.63) is 120 Å². The van der Waals surface area contributed by atoms with Crippen LogP contribution in [0.5, 0.6) is 0 Å². The standard InChI is InChI=1S/C42H40N2O/c1-26(2)34-24-30(28-14-6-5-7-15-28)25-35(27(3)4)40(34)44-37-20-12-11-19-36(37)43-42(44)33-23-22-31(29-16-8-9-17-29)39-32-18-10-13-21-38(32)45-41(33)39/h5-7,10-15,18-27,29H,8-9,16-17H2,1-4H3. The highest BCUT2D eigenvalue weighted by Gasteiger charge is 2.28. The molecule has 0 aliphatic heterocycles. The van der Waals surface area contributed by atoms with Crippen molar-refractivity contribution in [1.29, 1.82) is 0 Å². The molecule has 8 rings (SSSR count). The van der Waals surface area contributed by atoms with Crippen LogP contribution in [-0.4, -0.2) is 9.55 Å². The van der Waals surface area contributed by atoms with Gasteiger partial charge in [-0.15, -0.1) is 0 Å². The minimum atomic E-state index is 0.311. The predicted octanol–water partition coefficient (Wildman–Crippen LogP) is 12.2. The van der Waals surface area contributed by atoms with E-state index in [0.717, 1.165) is 33.6 Å². The zero-order valence-corrected chi connectivity index (χ0v) is 26.7. The third-order valence-electron chi connectivity index (χ3n) is 9.90. The Morgan fingerprint density at radius 2 is 1.38 bits per heavy atom. The molecule has 2 aromatic heterocycles. The lowest BCUT2D eigenvalue weighted by molar-refractivity contribution is 0.667. The Morgan fingerprint density at radius 1 is 0.711 bits per heavy atom. The molecule has 0 amide bonds. The van der Waals surface area contributed by atoms with E-state index >= 15 is 0 Å². The van der Waals surface area contributed by atoms with Crippen molar-refractivity contribution < 1.29 is 4.42 Å². The number of rotatable bonds is 6. The van der Waals surface area contributed by atoms with E-state index < -0.39 is 0 Å². The second-order valence-electron chi connectivity index (χ2n) is 13.4. The molecule has 0 N–H and O–H groups in total. The van der Waals surface area contributed by atoms with Gasteiger partial charge >= 0.3 is 0 Å². The highest BCUT2D eigenvalue weighted by Crippen LogP contribution is 2.46. The van der Waals surface area contributed by atoms with E-state index in [-0.39, 0.29) is 0 Å². The van der Waals surface area contributed by atoms with Crippen LogP contribution in [0.4, 0.5) is 0 Å². The van der Waals surface area contributed by atoms with Crippen LogP contribution < -0.4 is 0 Å². The van der Waals surface area contributed by atoms with Crippen molar-refractivity contribution in [2.75, 3.05) is 0 Å². The molecule has 0 saturated heterocycles. The van der Waals surface area contributed by atoms with Gasteiger partial charge in [-0.05, 0) is 94.8 Å². The largest absolute Gasteiger partial charge is 0.455 e. The second kappa shape index (κ2) is 11.1. The molecular formula is C42H40N2O. The monoisotopic (exact) mass is 588 g/mol. The Labute approximate surface area is 265 Å². The first-order valence-electron chi connectivity index (χ1n) is 16.6. The van der Waals surface area contributed by atoms with E-state index in [1.165, 1.54) is 70.0 Å². The van der Waals surface area contributed by atoms with Gasteiger partial charge in [0, 0.05) is 10.8 Å². The lowest BCUT2D eigenvalue weighted by atomic mass is 9.88. The van der Waals surface area contributed by atoms with E-state index in [9.17, 15) is 0 Å². The second-order valence-corrected chi connectivity index (χ2v) is 13.4. The maximum Gasteiger partial charge on any atom is 0.149 e. The Balaban J connectivity index is 1.47. The Kier molecular flexibility index (Phi) is 6.86. The number of hydrogen-bond acceptors (Lipinski definition) is 2. The molecule has 224 valence electrons. The number of fused-ring (bicyclic) bond motifs is 4. The van der Waals surface area contributed by atoms with Gasteiger partial charge in [0.25, 0.3) is 0 Å². The molecule has 0 bridgehead atoms. The van der Waals surface area contributed by atoms with Crippen LogP contribution in [0.15, 0.2) is 108 Å². The summed E-state index contributed by atoms with van der Waals surface area (Å²) in [5, 5.41) is 2.47. The Bertz CT molecular complexity index is 2140. The average Bonchev–Trinajstić information content (AvgIpc) is 3.82. The van der Waals surface area contributed by atoms with Gasteiger partial charge in [-0.3, -0.25) is 4.57 Å². The summed E-state index contributed by atoms with van der Waals surface area (Å²) >= 11 is 0. The highest BCUT2D eigenvalue weighted by molar-refractivity contribution is 6.11. The molecule has 1 saturated carbocycles. The molecule has 0 radical (unpaired) electrons. The fraction of sp³-hybridized carbons (Fsp3) is 0.262. The van der Waals surface area contributed by atoms with E-state index in [1.807, 2.05) is 0 Å². The van der Waals surface area contributed by atoms with Crippen LogP contribution >= 0.6 is 0 Å². The molecule has 0 atom stereocenters. The highest BCUT2D eigenvalue weighted by atomic mass is 16.3. The summed E-state index contributed by atoms with van der Waals surface area (Å²) in [6.45, 7) is 9.24. The maximum absolute atomic E-state index is 6.80. The normalized spacial score (nSPS) is 14.2. The third kappa shape index (κ3) is 4.60. The number of imidazole rings is 1. The van der Waals surface area contributed by atoms with E-state index in [0.29, 0.717) is 17.8 Å². The molecule has 2 heterocycles. The molecule has 7 aromatic rings. The summed E-state index contributed by atoms with van der Waals surface area (Å²) in [6, 6.07) is 37.4. The predicted molar refractivity (Wildman–Crippen MR) is 189 cm³/mol. The van der Waals surface area contributed by atoms with Crippen LogP contribution in [0, 0.1) is 0 Å². The first-order valence-corrected chi connectivity index (χ1v) is 16.6. The Hall–Kier alpha value is -4.63. The van der Waals surface area contributed by atoms with Gasteiger partial charge in [0.15, 0.2) is 0 Å². The maximum atomic E-state index is 6.80. The fourth-order valence-corrected chi connectivity index (χ4v) is 7.66. The minimum absolute atomic E-state index is 0.311. The molecule has 3 heteroatoms. The first kappa shape index (κ1) is 27.9. The quantitative estimate of drug-likeness (QED) is 0.193. The molecule has 0 spiro atoms. The summed E-state index contributed by atoms with van der Waals surface area (Å²) in [4.78, 5) is 5.39. The van der Waals surface area contributed by atoms with Crippen molar-refractivity contribution in [3.8, 4) is 28.2 Å². The average molecular weight is 589 g/mol. The zero-order valence-electron chi connectivity index (χ0n) is 26.7. The van der Waals surface area contributed by atoms with Gasteiger partial charge in [0.1, 0.15) is 17.0 Å². The summed E-state index contributed by atoms with van der Waals surface area (Å²) in [6.07, 6.45) is 5.09. The molecular weight excluding hydrogens is 548 g/mol. The molecule has 1 aliphatic carbocycles. The first-order chi connectivity index (χ1) is 22.0. The SMILES string of the molecule is CC(C)c1cc(-c2ccccc2)cc(C(C)C)c1-n1c(-c2ccc(C3CCCC3)c3c2oc2ccccc23)nc2ccccc21. The third-order valence-corrected chi connectivity index (χ3v) is 9.90. The van der Waals surface area contributed by atoms with Crippen LogP contribution in [0.3, 0.4) is 0 Å². The molecule has 45 heavy (non-hydrogen) atoms. The molecule has 3 nitrogen and oxygen atoms in total. The van der Waals surface area contributed by atoms with Gasteiger partial charge in [0.05, 0.1) is 22.3 Å². The van der Waals surface area contributed by atoms with Crippen molar-refractivity contribution in [1.82, 2.24) is 9.55 Å². The van der Waals surface area contributed by atoms with E-state index in [2.05, 4.69) is 135 Å². The summed E-state index contributed by atoms with van der Waals surface area (Å²) in [7, 11) is 0. The molecule has 5 aromatic carbocycles. The summed E-state index contributed by atoms with van der Waals surface area (Å²) < 4.78 is 9.24. The smallest absolute Gasteiger partial charge is 0.149 e. The van der Waals surface area contributed by atoms with Crippen LogP contribution in [0.1, 0.15) is 87.8 Å². The topological polar surface area (TPSA) is 31.0 Å². The van der Waals surface area contributed by atoms with E-state index in [1.54, 1.807) is 0 Å². The van der Waals surface area contributed by atoms with Crippen molar-refractivity contribution in [2.24, 2.45) is 0 Å². The van der Waals surface area contributed by atoms with Gasteiger partial charge < -0.3 is 4.42 Å². The number of aromatic nitrogens is 2. The van der Waals surface area contributed by atoms with Crippen LogP contribution in [-0.2, 0) is 0 Å². The Morgan fingerprint density at radius 3 is 2.11 bits per heavy atom. The lowest BCUT2D eigenvalue weighted by Crippen LogP contribution is -2.09. The lowest BCUT2D eigenvalue weighted by Gasteiger charge is -2.24. The molecule has 0 unspecified atom stereocenters. The zero-order chi connectivity index (χ0) is 30.7. The number of benzene rings is 5. The molecule has 1 fully saturated rings. The van der Waals surface area contributed by atoms with Crippen molar-refractivity contribution in [3.63, 3.8) is 0 Å². The molecule has 1 aliphatic rings. The van der Waals surface area contributed by atoms with Gasteiger partial charge in [-0.1, -0.05) is 107 Å². The number of para-hydroxylation sites is 3. The van der Waals surface area contributed by atoms with Gasteiger partial charge in [-0.25, -0.2) is 4.98 Å². The van der Waals surface area contributed by atoms with Crippen LogP contribution in [0.25, 0.3) is 61.2 Å². The summed E-state index contributed by atoms with van der Waals surface area (Å²) in [5.41, 5.74) is 12.9. The fourth-order valence-electron chi connectivity index (χ4n) is 7.66. The minimum Gasteiger partial charge on any atom is -0.455 e. The van der Waals surface area contributed by atoms with Crippen molar-refractivity contribution in [2.45, 2.75) is 71.1 Å². The number of furan rings is 1.